The normalized spacial score (nSPS) is 15.6. The molecule has 1 saturated heterocycles. The van der Waals surface area contributed by atoms with Gasteiger partial charge < -0.3 is 21.3 Å². The standard InChI is InChI=1S/C18H23N5O4.ClH/c24-15(7-8-23-17(26)11-20-18(23)27)21-13-3-5-14(6-4-13)22-16(25)10-19-9-12-1-2-12;/h3-6,12,19H,1-2,7-11H2,(H,20,27)(H,21,24)(H,22,25);1H. The number of benzene rings is 1. The first-order valence-electron chi connectivity index (χ1n) is 9.00. The summed E-state index contributed by atoms with van der Waals surface area (Å²) in [5, 5.41) is 11.0. The van der Waals surface area contributed by atoms with Gasteiger partial charge in [0.15, 0.2) is 0 Å². The van der Waals surface area contributed by atoms with Gasteiger partial charge in [-0.15, -0.1) is 12.4 Å². The molecule has 1 aromatic carbocycles. The molecule has 3 rings (SSSR count). The zero-order chi connectivity index (χ0) is 19.2. The summed E-state index contributed by atoms with van der Waals surface area (Å²) >= 11 is 0. The van der Waals surface area contributed by atoms with E-state index in [1.807, 2.05) is 0 Å². The van der Waals surface area contributed by atoms with E-state index < -0.39 is 6.03 Å². The molecule has 0 radical (unpaired) electrons. The molecule has 28 heavy (non-hydrogen) atoms. The molecule has 1 aliphatic heterocycles. The van der Waals surface area contributed by atoms with Gasteiger partial charge in [0.25, 0.3) is 0 Å². The number of hydrogen-bond donors (Lipinski definition) is 4. The van der Waals surface area contributed by atoms with E-state index >= 15 is 0 Å². The third kappa shape index (κ3) is 6.50. The van der Waals surface area contributed by atoms with Gasteiger partial charge in [0.2, 0.25) is 17.7 Å². The van der Waals surface area contributed by atoms with Crippen LogP contribution in [0.5, 0.6) is 0 Å². The van der Waals surface area contributed by atoms with E-state index in [1.54, 1.807) is 24.3 Å². The van der Waals surface area contributed by atoms with E-state index in [-0.39, 0.29) is 56.2 Å². The number of nitrogens with one attached hydrogen (secondary N) is 4. The van der Waals surface area contributed by atoms with Crippen molar-refractivity contribution in [3.63, 3.8) is 0 Å². The number of rotatable bonds is 9. The summed E-state index contributed by atoms with van der Waals surface area (Å²) < 4.78 is 0. The van der Waals surface area contributed by atoms with Crippen LogP contribution in [0.25, 0.3) is 0 Å². The second-order valence-electron chi connectivity index (χ2n) is 6.70. The summed E-state index contributed by atoms with van der Waals surface area (Å²) in [4.78, 5) is 47.7. The Hall–Kier alpha value is -2.65. The molecule has 1 aromatic rings. The topological polar surface area (TPSA) is 120 Å². The number of halogens is 1. The van der Waals surface area contributed by atoms with Crippen LogP contribution in [-0.2, 0) is 14.4 Å². The first kappa shape index (κ1) is 21.6. The average Bonchev–Trinajstić information content (AvgIpc) is 3.40. The summed E-state index contributed by atoms with van der Waals surface area (Å²) in [7, 11) is 0. The van der Waals surface area contributed by atoms with Crippen molar-refractivity contribution in [2.75, 3.05) is 36.8 Å². The van der Waals surface area contributed by atoms with E-state index in [4.69, 9.17) is 0 Å². The number of carbonyl (C=O) groups excluding carboxylic acids is 4. The third-order valence-corrected chi connectivity index (χ3v) is 4.37. The first-order valence-corrected chi connectivity index (χ1v) is 9.00. The highest BCUT2D eigenvalue weighted by molar-refractivity contribution is 6.02. The van der Waals surface area contributed by atoms with E-state index in [9.17, 15) is 19.2 Å². The smallest absolute Gasteiger partial charge is 0.324 e. The van der Waals surface area contributed by atoms with Crippen molar-refractivity contribution in [3.05, 3.63) is 24.3 Å². The van der Waals surface area contributed by atoms with Gasteiger partial charge in [0, 0.05) is 24.3 Å². The molecule has 9 nitrogen and oxygen atoms in total. The van der Waals surface area contributed by atoms with Gasteiger partial charge in [-0.25, -0.2) is 4.79 Å². The molecule has 1 heterocycles. The highest BCUT2D eigenvalue weighted by Gasteiger charge is 2.28. The molecule has 0 spiro atoms. The number of imide groups is 1. The van der Waals surface area contributed by atoms with Crippen LogP contribution in [0.1, 0.15) is 19.3 Å². The Morgan fingerprint density at radius 1 is 1.04 bits per heavy atom. The Balaban J connectivity index is 0.00000280. The van der Waals surface area contributed by atoms with Gasteiger partial charge >= 0.3 is 6.03 Å². The molecule has 1 saturated carbocycles. The molecular formula is C18H24ClN5O4. The minimum absolute atomic E-state index is 0. The molecular weight excluding hydrogens is 386 g/mol. The molecule has 4 N–H and O–H groups in total. The maximum absolute atomic E-state index is 12.0. The predicted molar refractivity (Wildman–Crippen MR) is 106 cm³/mol. The SMILES string of the molecule is Cl.O=C(CCN1C(=O)CNC1=O)Nc1ccc(NC(=O)CNCC2CC2)cc1. The van der Waals surface area contributed by atoms with Crippen LogP contribution in [0.3, 0.4) is 0 Å². The second-order valence-corrected chi connectivity index (χ2v) is 6.70. The zero-order valence-corrected chi connectivity index (χ0v) is 16.1. The van der Waals surface area contributed by atoms with E-state index in [0.29, 0.717) is 11.4 Å². The van der Waals surface area contributed by atoms with Crippen molar-refractivity contribution in [3.8, 4) is 0 Å². The van der Waals surface area contributed by atoms with Gasteiger partial charge in [-0.1, -0.05) is 0 Å². The lowest BCUT2D eigenvalue weighted by atomic mass is 10.2. The fraction of sp³-hybridized carbons (Fsp3) is 0.444. The van der Waals surface area contributed by atoms with Crippen molar-refractivity contribution in [2.45, 2.75) is 19.3 Å². The highest BCUT2D eigenvalue weighted by atomic mass is 35.5. The Bertz CT molecular complexity index is 720. The minimum atomic E-state index is -0.473. The Kier molecular flexibility index (Phi) is 7.77. The molecule has 2 fully saturated rings. The summed E-state index contributed by atoms with van der Waals surface area (Å²) in [6.07, 6.45) is 2.50. The first-order chi connectivity index (χ1) is 13.0. The molecule has 152 valence electrons. The number of anilines is 2. The summed E-state index contributed by atoms with van der Waals surface area (Å²) in [6.45, 7) is 1.17. The summed E-state index contributed by atoms with van der Waals surface area (Å²) in [5.74, 6) is -0.0252. The molecule has 1 aliphatic carbocycles. The van der Waals surface area contributed by atoms with Crippen molar-refractivity contribution < 1.29 is 19.2 Å². The lowest BCUT2D eigenvalue weighted by Crippen LogP contribution is -2.33. The Labute approximate surface area is 169 Å². The molecule has 5 amide bonds. The van der Waals surface area contributed by atoms with Crippen LogP contribution >= 0.6 is 12.4 Å². The maximum atomic E-state index is 12.0. The number of amides is 5. The van der Waals surface area contributed by atoms with Gasteiger partial charge in [-0.3, -0.25) is 19.3 Å². The largest absolute Gasteiger partial charge is 0.329 e. The van der Waals surface area contributed by atoms with Crippen molar-refractivity contribution in [1.29, 1.82) is 0 Å². The van der Waals surface area contributed by atoms with Crippen molar-refractivity contribution in [2.24, 2.45) is 5.92 Å². The molecule has 0 bridgehead atoms. The number of urea groups is 1. The van der Waals surface area contributed by atoms with Gasteiger partial charge in [0.05, 0.1) is 13.1 Å². The quantitative estimate of drug-likeness (QED) is 0.452. The van der Waals surface area contributed by atoms with Gasteiger partial charge in [-0.2, -0.15) is 0 Å². The van der Waals surface area contributed by atoms with E-state index in [1.165, 1.54) is 12.8 Å². The molecule has 0 atom stereocenters. The molecule has 0 unspecified atom stereocenters. The monoisotopic (exact) mass is 409 g/mol. The Morgan fingerprint density at radius 3 is 2.18 bits per heavy atom. The Morgan fingerprint density at radius 2 is 1.64 bits per heavy atom. The van der Waals surface area contributed by atoms with Gasteiger partial charge in [0.1, 0.15) is 0 Å². The van der Waals surface area contributed by atoms with Crippen molar-refractivity contribution >= 4 is 47.5 Å². The molecule has 10 heteroatoms. The van der Waals surface area contributed by atoms with Crippen molar-refractivity contribution in [1.82, 2.24) is 15.5 Å². The fourth-order valence-electron chi connectivity index (χ4n) is 2.67. The second kappa shape index (κ2) is 10.0. The minimum Gasteiger partial charge on any atom is -0.329 e. The van der Waals surface area contributed by atoms with Crippen LogP contribution in [0, 0.1) is 5.92 Å². The van der Waals surface area contributed by atoms with Gasteiger partial charge in [-0.05, 0) is 49.6 Å². The number of hydrogen-bond acceptors (Lipinski definition) is 5. The zero-order valence-electron chi connectivity index (χ0n) is 15.3. The average molecular weight is 410 g/mol. The predicted octanol–water partition coefficient (Wildman–Crippen LogP) is 0.927. The van der Waals surface area contributed by atoms with Crippen LogP contribution in [-0.4, -0.2) is 54.8 Å². The lowest BCUT2D eigenvalue weighted by Gasteiger charge is -2.12. The fourth-order valence-corrected chi connectivity index (χ4v) is 2.67. The van der Waals surface area contributed by atoms with Crippen LogP contribution < -0.4 is 21.3 Å². The number of carbonyl (C=O) groups is 4. The van der Waals surface area contributed by atoms with Crippen LogP contribution in [0.2, 0.25) is 0 Å². The lowest BCUT2D eigenvalue weighted by molar-refractivity contribution is -0.125. The number of nitrogens with zero attached hydrogens (tertiary/aromatic N) is 1. The van der Waals surface area contributed by atoms with E-state index in [0.717, 1.165) is 17.4 Å². The molecule has 0 aromatic heterocycles. The van der Waals surface area contributed by atoms with Crippen LogP contribution in [0.15, 0.2) is 24.3 Å². The highest BCUT2D eigenvalue weighted by Crippen LogP contribution is 2.27. The van der Waals surface area contributed by atoms with E-state index in [2.05, 4.69) is 21.3 Å². The summed E-state index contributed by atoms with van der Waals surface area (Å²) in [5.41, 5.74) is 1.22. The maximum Gasteiger partial charge on any atom is 0.324 e. The molecule has 2 aliphatic rings. The summed E-state index contributed by atoms with van der Waals surface area (Å²) in [6, 6.07) is 6.29. The van der Waals surface area contributed by atoms with Crippen LogP contribution in [0.4, 0.5) is 16.2 Å². The third-order valence-electron chi connectivity index (χ3n) is 4.37.